The maximum atomic E-state index is 12.3. The van der Waals surface area contributed by atoms with Crippen LogP contribution in [0.25, 0.3) is 0 Å². The van der Waals surface area contributed by atoms with Crippen LogP contribution in [0.3, 0.4) is 0 Å². The lowest BCUT2D eigenvalue weighted by molar-refractivity contribution is -0.140. The summed E-state index contributed by atoms with van der Waals surface area (Å²) in [7, 11) is 0. The van der Waals surface area contributed by atoms with Gasteiger partial charge in [0, 0.05) is 12.2 Å². The Labute approximate surface area is 160 Å². The second-order valence-corrected chi connectivity index (χ2v) is 5.98. The van der Waals surface area contributed by atoms with Crippen LogP contribution >= 0.6 is 12.6 Å². The summed E-state index contributed by atoms with van der Waals surface area (Å²) < 4.78 is 0. The molecule has 0 saturated carbocycles. The Hall–Kier alpha value is -2.38. The van der Waals surface area contributed by atoms with Crippen LogP contribution in [0.5, 0.6) is 0 Å². The fraction of sp³-hybridized carbons (Fsp3) is 0.643. The van der Waals surface area contributed by atoms with Crippen LogP contribution in [0.4, 0.5) is 0 Å². The Balaban J connectivity index is 5.04. The number of aliphatic carboxylic acids is 2. The largest absolute Gasteiger partial charge is 0.481 e. The van der Waals surface area contributed by atoms with E-state index in [4.69, 9.17) is 15.9 Å². The molecule has 4 atom stereocenters. The van der Waals surface area contributed by atoms with Crippen molar-refractivity contribution in [1.29, 1.82) is 0 Å². The molecule has 0 aliphatic rings. The van der Waals surface area contributed by atoms with E-state index in [2.05, 4.69) is 23.3 Å². The minimum Gasteiger partial charge on any atom is -0.481 e. The van der Waals surface area contributed by atoms with Crippen LogP contribution in [0.2, 0.25) is 0 Å². The maximum absolute atomic E-state index is 12.3. The van der Waals surface area contributed by atoms with Gasteiger partial charge in [-0.15, -0.1) is 0 Å². The zero-order valence-electron chi connectivity index (χ0n) is 14.5. The predicted molar refractivity (Wildman–Crippen MR) is 94.9 cm³/mol. The minimum atomic E-state index is -1.34. The summed E-state index contributed by atoms with van der Waals surface area (Å²) in [6.45, 7) is 0.572. The first-order valence-corrected chi connectivity index (χ1v) is 8.49. The fourth-order valence-electron chi connectivity index (χ4n) is 1.78. The molecule has 0 aliphatic heterocycles. The smallest absolute Gasteiger partial charge is 0.322 e. The van der Waals surface area contributed by atoms with Gasteiger partial charge in [-0.05, 0) is 13.3 Å². The van der Waals surface area contributed by atoms with Gasteiger partial charge in [-0.3, -0.25) is 24.0 Å². The van der Waals surface area contributed by atoms with Crippen molar-refractivity contribution in [3.8, 4) is 0 Å². The van der Waals surface area contributed by atoms with E-state index >= 15 is 0 Å². The Bertz CT molecular complexity index is 571. The Kier molecular flexibility index (Phi) is 11.0. The van der Waals surface area contributed by atoms with Gasteiger partial charge < -0.3 is 37.0 Å². The molecule has 0 heterocycles. The Morgan fingerprint density at radius 3 is 1.96 bits per heavy atom. The highest BCUT2D eigenvalue weighted by Gasteiger charge is 2.28. The summed E-state index contributed by atoms with van der Waals surface area (Å²) in [4.78, 5) is 57.3. The third kappa shape index (κ3) is 9.77. The number of thiol groups is 1. The molecule has 0 aromatic carbocycles. The van der Waals surface area contributed by atoms with Crippen LogP contribution in [0, 0.1) is 0 Å². The molecular formula is C14H24N4O8S. The quantitative estimate of drug-likeness (QED) is 0.152. The molecule has 0 bridgehead atoms. The lowest BCUT2D eigenvalue weighted by Crippen LogP contribution is -2.58. The number of hydrogen-bond acceptors (Lipinski definition) is 8. The molecule has 0 fully saturated rings. The third-order valence-corrected chi connectivity index (χ3v) is 3.70. The predicted octanol–water partition coefficient (Wildman–Crippen LogP) is -3.34. The number of carboxylic acids is 2. The molecule has 0 aromatic rings. The van der Waals surface area contributed by atoms with Crippen LogP contribution in [-0.4, -0.2) is 81.5 Å². The monoisotopic (exact) mass is 408 g/mol. The Morgan fingerprint density at radius 1 is 0.963 bits per heavy atom. The van der Waals surface area contributed by atoms with E-state index < -0.39 is 66.9 Å². The molecule has 12 nitrogen and oxygen atoms in total. The van der Waals surface area contributed by atoms with Crippen LogP contribution < -0.4 is 21.7 Å². The van der Waals surface area contributed by atoms with Crippen molar-refractivity contribution < 1.29 is 39.3 Å². The number of carbonyl (C=O) groups is 5. The molecule has 0 radical (unpaired) electrons. The van der Waals surface area contributed by atoms with E-state index in [-0.39, 0.29) is 12.2 Å². The fourth-order valence-corrected chi connectivity index (χ4v) is 2.03. The highest BCUT2D eigenvalue weighted by atomic mass is 32.1. The van der Waals surface area contributed by atoms with Gasteiger partial charge in [0.05, 0.1) is 6.10 Å². The van der Waals surface area contributed by atoms with E-state index in [1.165, 1.54) is 6.92 Å². The summed E-state index contributed by atoms with van der Waals surface area (Å²) >= 11 is 3.93. The van der Waals surface area contributed by atoms with Crippen molar-refractivity contribution in [2.75, 3.05) is 12.3 Å². The lowest BCUT2D eigenvalue weighted by Gasteiger charge is -2.23. The summed E-state index contributed by atoms with van der Waals surface area (Å²) in [6, 6.07) is -3.84. The molecule has 0 aromatic heterocycles. The maximum Gasteiger partial charge on any atom is 0.322 e. The molecule has 3 amide bonds. The molecule has 0 aliphatic carbocycles. The van der Waals surface area contributed by atoms with Crippen molar-refractivity contribution in [3.63, 3.8) is 0 Å². The second kappa shape index (κ2) is 12.1. The van der Waals surface area contributed by atoms with Crippen molar-refractivity contribution in [1.82, 2.24) is 16.0 Å². The Morgan fingerprint density at radius 2 is 1.52 bits per heavy atom. The number of nitrogens with two attached hydrogens (primary N) is 1. The number of rotatable bonds is 12. The lowest BCUT2D eigenvalue weighted by atomic mass is 10.1. The number of nitrogens with one attached hydrogen (secondary N) is 3. The standard InChI is InChI=1S/C14H24N4O8S/c1-6(19)11(15)14(26)18-8(5-27)13(25)17-7(2-3-9(20)21)12(24)16-4-10(22)23/h6-8,11,19,27H,2-5,15H2,1H3,(H,16,24)(H,17,25)(H,18,26)(H,20,21)(H,22,23). The van der Waals surface area contributed by atoms with Crippen LogP contribution in [0.15, 0.2) is 0 Å². The summed E-state index contributed by atoms with van der Waals surface area (Å²) in [5.41, 5.74) is 5.46. The first-order valence-electron chi connectivity index (χ1n) is 7.86. The van der Waals surface area contributed by atoms with Gasteiger partial charge in [0.15, 0.2) is 0 Å². The molecule has 0 rings (SSSR count). The number of carbonyl (C=O) groups excluding carboxylic acids is 3. The third-order valence-electron chi connectivity index (χ3n) is 3.33. The van der Waals surface area contributed by atoms with Gasteiger partial charge in [0.2, 0.25) is 17.7 Å². The molecule has 0 spiro atoms. The van der Waals surface area contributed by atoms with Gasteiger partial charge in [0.1, 0.15) is 24.7 Å². The molecule has 27 heavy (non-hydrogen) atoms. The summed E-state index contributed by atoms with van der Waals surface area (Å²) in [5, 5.41) is 33.2. The highest BCUT2D eigenvalue weighted by Crippen LogP contribution is 2.01. The number of carboxylic acid groups (broad SMARTS) is 2. The first-order chi connectivity index (χ1) is 12.5. The molecule has 13 heteroatoms. The number of hydrogen-bond donors (Lipinski definition) is 8. The zero-order chi connectivity index (χ0) is 21.1. The summed E-state index contributed by atoms with van der Waals surface area (Å²) in [6.07, 6.45) is -1.93. The zero-order valence-corrected chi connectivity index (χ0v) is 15.4. The molecular weight excluding hydrogens is 384 g/mol. The van der Waals surface area contributed by atoms with Crippen molar-refractivity contribution in [2.45, 2.75) is 44.0 Å². The first kappa shape index (κ1) is 24.6. The van der Waals surface area contributed by atoms with Crippen molar-refractivity contribution >= 4 is 42.3 Å². The van der Waals surface area contributed by atoms with Crippen LogP contribution in [0.1, 0.15) is 19.8 Å². The topological polar surface area (TPSA) is 208 Å². The van der Waals surface area contributed by atoms with E-state index in [1.54, 1.807) is 0 Å². The van der Waals surface area contributed by atoms with Gasteiger partial charge in [-0.1, -0.05) is 0 Å². The number of aliphatic hydroxyl groups excluding tert-OH is 1. The molecule has 8 N–H and O–H groups in total. The average Bonchev–Trinajstić information content (AvgIpc) is 2.59. The summed E-state index contributed by atoms with van der Waals surface area (Å²) in [5.74, 6) is -5.28. The number of amides is 3. The van der Waals surface area contributed by atoms with E-state index in [0.29, 0.717) is 0 Å². The van der Waals surface area contributed by atoms with Gasteiger partial charge in [-0.25, -0.2) is 0 Å². The highest BCUT2D eigenvalue weighted by molar-refractivity contribution is 7.80. The van der Waals surface area contributed by atoms with Crippen molar-refractivity contribution in [3.05, 3.63) is 0 Å². The SMILES string of the molecule is CC(O)C(N)C(=O)NC(CS)C(=O)NC(CCC(=O)O)C(=O)NCC(=O)O. The average molecular weight is 408 g/mol. The number of aliphatic hydroxyl groups is 1. The van der Waals surface area contributed by atoms with E-state index in [1.807, 2.05) is 5.32 Å². The van der Waals surface area contributed by atoms with Crippen LogP contribution in [-0.2, 0) is 24.0 Å². The van der Waals surface area contributed by atoms with E-state index in [0.717, 1.165) is 0 Å². The minimum absolute atomic E-state index is 0.174. The molecule has 0 saturated heterocycles. The van der Waals surface area contributed by atoms with Gasteiger partial charge in [0.25, 0.3) is 0 Å². The van der Waals surface area contributed by atoms with Crippen molar-refractivity contribution in [2.24, 2.45) is 5.73 Å². The van der Waals surface area contributed by atoms with Gasteiger partial charge in [-0.2, -0.15) is 12.6 Å². The van der Waals surface area contributed by atoms with Gasteiger partial charge >= 0.3 is 11.9 Å². The molecule has 4 unspecified atom stereocenters. The van der Waals surface area contributed by atoms with E-state index in [9.17, 15) is 29.1 Å². The normalized spacial score (nSPS) is 15.0. The second-order valence-electron chi connectivity index (χ2n) is 5.62. The molecule has 154 valence electrons.